The number of hydrogen-bond acceptors (Lipinski definition) is 5. The molecule has 3 rings (SSSR count). The van der Waals surface area contributed by atoms with Crippen molar-refractivity contribution < 1.29 is 23.8 Å². The highest BCUT2D eigenvalue weighted by atomic mass is 16.5. The number of benzene rings is 2. The number of aromatic nitrogens is 1. The summed E-state index contributed by atoms with van der Waals surface area (Å²) in [5.74, 6) is 0.245. The number of amides is 1. The quantitative estimate of drug-likeness (QED) is 0.589. The monoisotopic (exact) mass is 396 g/mol. The van der Waals surface area contributed by atoms with Gasteiger partial charge in [0.2, 0.25) is 0 Å². The second-order valence-corrected chi connectivity index (χ2v) is 6.38. The largest absolute Gasteiger partial charge is 0.494 e. The van der Waals surface area contributed by atoms with E-state index in [1.807, 2.05) is 48.7 Å². The van der Waals surface area contributed by atoms with E-state index < -0.39 is 11.9 Å². The Balaban J connectivity index is 2.15. The smallest absolute Gasteiger partial charge is 0.340 e. The van der Waals surface area contributed by atoms with E-state index in [0.29, 0.717) is 23.3 Å². The van der Waals surface area contributed by atoms with E-state index in [9.17, 15) is 9.59 Å². The molecule has 7 heteroatoms. The fraction of sp³-hybridized carbons (Fsp3) is 0.273. The fourth-order valence-corrected chi connectivity index (χ4v) is 3.29. The van der Waals surface area contributed by atoms with Crippen molar-refractivity contribution in [3.8, 4) is 17.2 Å². The minimum Gasteiger partial charge on any atom is -0.494 e. The molecule has 1 amide bonds. The predicted octanol–water partition coefficient (Wildman–Crippen LogP) is 3.38. The number of rotatable bonds is 8. The lowest BCUT2D eigenvalue weighted by Crippen LogP contribution is -2.19. The third kappa shape index (κ3) is 4.18. The zero-order valence-corrected chi connectivity index (χ0v) is 16.7. The minimum absolute atomic E-state index is 0.237. The van der Waals surface area contributed by atoms with Crippen molar-refractivity contribution >= 4 is 22.8 Å². The van der Waals surface area contributed by atoms with Gasteiger partial charge in [-0.15, -0.1) is 0 Å². The van der Waals surface area contributed by atoms with Crippen LogP contribution in [0.1, 0.15) is 29.9 Å². The van der Waals surface area contributed by atoms with Crippen LogP contribution in [0.15, 0.2) is 42.5 Å². The summed E-state index contributed by atoms with van der Waals surface area (Å²) >= 11 is 0. The first kappa shape index (κ1) is 20.3. The van der Waals surface area contributed by atoms with Crippen LogP contribution in [0, 0.1) is 6.92 Å². The van der Waals surface area contributed by atoms with E-state index in [1.54, 1.807) is 19.1 Å². The number of nitrogens with zero attached hydrogens (tertiary/aromatic N) is 1. The van der Waals surface area contributed by atoms with Crippen LogP contribution in [0.4, 0.5) is 0 Å². The number of esters is 1. The van der Waals surface area contributed by atoms with Gasteiger partial charge in [-0.05, 0) is 63.2 Å². The highest BCUT2D eigenvalue weighted by Crippen LogP contribution is 2.33. The van der Waals surface area contributed by atoms with Gasteiger partial charge in [-0.2, -0.15) is 0 Å². The van der Waals surface area contributed by atoms with Gasteiger partial charge in [-0.1, -0.05) is 0 Å². The van der Waals surface area contributed by atoms with Gasteiger partial charge < -0.3 is 24.5 Å². The Morgan fingerprint density at radius 2 is 1.66 bits per heavy atom. The zero-order chi connectivity index (χ0) is 21.0. The number of carbonyl (C=O) groups is 2. The molecule has 29 heavy (non-hydrogen) atoms. The maximum atomic E-state index is 12.7. The molecule has 0 aliphatic carbocycles. The van der Waals surface area contributed by atoms with Crippen LogP contribution in [0.5, 0.6) is 11.5 Å². The van der Waals surface area contributed by atoms with E-state index in [0.717, 1.165) is 22.6 Å². The van der Waals surface area contributed by atoms with Gasteiger partial charge in [-0.25, -0.2) is 4.79 Å². The summed E-state index contributed by atoms with van der Waals surface area (Å²) in [7, 11) is 0. The Kier molecular flexibility index (Phi) is 6.07. The molecule has 1 aromatic heterocycles. The van der Waals surface area contributed by atoms with Crippen LogP contribution in [0.3, 0.4) is 0 Å². The second kappa shape index (κ2) is 8.68. The number of carbonyl (C=O) groups excluding carboxylic acids is 2. The molecule has 0 atom stereocenters. The molecule has 0 bridgehead atoms. The molecule has 0 saturated heterocycles. The normalized spacial score (nSPS) is 10.7. The number of ether oxygens (including phenoxy) is 3. The van der Waals surface area contributed by atoms with E-state index in [-0.39, 0.29) is 13.2 Å². The summed E-state index contributed by atoms with van der Waals surface area (Å²) in [6.07, 6.45) is 0. The summed E-state index contributed by atoms with van der Waals surface area (Å²) in [4.78, 5) is 23.7. The number of nitrogens with two attached hydrogens (primary N) is 1. The minimum atomic E-state index is -0.571. The zero-order valence-electron chi connectivity index (χ0n) is 16.7. The Hall–Kier alpha value is -3.48. The molecule has 0 fully saturated rings. The maximum Gasteiger partial charge on any atom is 0.340 e. The molecule has 1 heterocycles. The van der Waals surface area contributed by atoms with Crippen LogP contribution in [0.25, 0.3) is 16.6 Å². The van der Waals surface area contributed by atoms with Crippen molar-refractivity contribution in [1.82, 2.24) is 4.57 Å². The molecule has 0 spiro atoms. The average molecular weight is 396 g/mol. The van der Waals surface area contributed by atoms with Crippen LogP contribution < -0.4 is 15.2 Å². The number of hydrogen-bond donors (Lipinski definition) is 1. The van der Waals surface area contributed by atoms with Gasteiger partial charge >= 0.3 is 5.97 Å². The van der Waals surface area contributed by atoms with Crippen molar-refractivity contribution in [3.63, 3.8) is 0 Å². The molecule has 7 nitrogen and oxygen atoms in total. The lowest BCUT2D eigenvalue weighted by molar-refractivity contribution is -0.119. The SMILES string of the molecule is CCOC(=O)c1c(C)n(-c2ccc(OCC)cc2)c2ccc(OCC(N)=O)cc12. The van der Waals surface area contributed by atoms with Gasteiger partial charge in [0.05, 0.1) is 24.3 Å². The van der Waals surface area contributed by atoms with Crippen LogP contribution in [0.2, 0.25) is 0 Å². The number of fused-ring (bicyclic) bond motifs is 1. The van der Waals surface area contributed by atoms with E-state index >= 15 is 0 Å². The van der Waals surface area contributed by atoms with Crippen molar-refractivity contribution in [2.75, 3.05) is 19.8 Å². The lowest BCUT2D eigenvalue weighted by atomic mass is 10.1. The standard InChI is InChI=1S/C22H24N2O5/c1-4-27-16-8-6-15(7-9-16)24-14(3)21(22(26)28-5-2)18-12-17(10-11-19(18)24)29-13-20(23)25/h6-12H,4-5,13H2,1-3H3,(H2,23,25). The molecule has 2 aromatic carbocycles. The van der Waals surface area contributed by atoms with Gasteiger partial charge in [0.25, 0.3) is 5.91 Å². The highest BCUT2D eigenvalue weighted by Gasteiger charge is 2.22. The Morgan fingerprint density at radius 1 is 0.966 bits per heavy atom. The summed E-state index contributed by atoms with van der Waals surface area (Å²) in [6, 6.07) is 13.0. The second-order valence-electron chi connectivity index (χ2n) is 6.38. The summed E-state index contributed by atoms with van der Waals surface area (Å²) in [5, 5.41) is 0.678. The van der Waals surface area contributed by atoms with Gasteiger partial charge in [0.1, 0.15) is 11.5 Å². The predicted molar refractivity (Wildman–Crippen MR) is 110 cm³/mol. The maximum absolute atomic E-state index is 12.7. The summed E-state index contributed by atoms with van der Waals surface area (Å²) in [6.45, 7) is 6.19. The lowest BCUT2D eigenvalue weighted by Gasteiger charge is -2.10. The first-order valence-electron chi connectivity index (χ1n) is 9.42. The van der Waals surface area contributed by atoms with E-state index in [1.165, 1.54) is 0 Å². The summed E-state index contributed by atoms with van der Waals surface area (Å²) < 4.78 is 18.2. The van der Waals surface area contributed by atoms with E-state index in [4.69, 9.17) is 19.9 Å². The van der Waals surface area contributed by atoms with Crippen molar-refractivity contribution in [2.24, 2.45) is 5.73 Å². The first-order chi connectivity index (χ1) is 14.0. The topological polar surface area (TPSA) is 92.8 Å². The van der Waals surface area contributed by atoms with Crippen molar-refractivity contribution in [2.45, 2.75) is 20.8 Å². The highest BCUT2D eigenvalue weighted by molar-refractivity contribution is 6.07. The Labute approximate surface area is 169 Å². The average Bonchev–Trinajstić information content (AvgIpc) is 2.98. The molecule has 0 aliphatic heterocycles. The Bertz CT molecular complexity index is 1040. The third-order valence-electron chi connectivity index (χ3n) is 4.44. The van der Waals surface area contributed by atoms with Gasteiger partial charge in [0, 0.05) is 16.8 Å². The Morgan fingerprint density at radius 3 is 2.28 bits per heavy atom. The van der Waals surface area contributed by atoms with Gasteiger partial charge in [0.15, 0.2) is 6.61 Å². The van der Waals surface area contributed by atoms with Crippen LogP contribution in [-0.2, 0) is 9.53 Å². The first-order valence-corrected chi connectivity index (χ1v) is 9.42. The molecule has 0 saturated carbocycles. The number of primary amides is 1. The molecule has 0 radical (unpaired) electrons. The summed E-state index contributed by atoms with van der Waals surface area (Å²) in [5.41, 5.74) is 8.07. The molecule has 152 valence electrons. The van der Waals surface area contributed by atoms with Crippen LogP contribution in [-0.4, -0.2) is 36.3 Å². The third-order valence-corrected chi connectivity index (χ3v) is 4.44. The fourth-order valence-electron chi connectivity index (χ4n) is 3.29. The van der Waals surface area contributed by atoms with Crippen molar-refractivity contribution in [1.29, 1.82) is 0 Å². The molecule has 2 N–H and O–H groups in total. The van der Waals surface area contributed by atoms with Gasteiger partial charge in [-0.3, -0.25) is 4.79 Å². The molecule has 0 aliphatic rings. The van der Waals surface area contributed by atoms with E-state index in [2.05, 4.69) is 0 Å². The molecular formula is C22H24N2O5. The molecule has 3 aromatic rings. The van der Waals surface area contributed by atoms with Crippen LogP contribution >= 0.6 is 0 Å². The molecular weight excluding hydrogens is 372 g/mol. The van der Waals surface area contributed by atoms with Crippen molar-refractivity contribution in [3.05, 3.63) is 53.7 Å². The molecule has 0 unspecified atom stereocenters.